The molecule has 104 valence electrons. The van der Waals surface area contributed by atoms with Gasteiger partial charge in [0.05, 0.1) is 11.9 Å². The number of nitrogens with zero attached hydrogens (tertiary/aromatic N) is 1. The Balaban J connectivity index is 1.90. The summed E-state index contributed by atoms with van der Waals surface area (Å²) in [7, 11) is 0. The van der Waals surface area contributed by atoms with Crippen molar-refractivity contribution in [2.24, 2.45) is 0 Å². The molecule has 1 saturated carbocycles. The van der Waals surface area contributed by atoms with Gasteiger partial charge in [-0.1, -0.05) is 12.8 Å². The molecule has 0 unspecified atom stereocenters. The van der Waals surface area contributed by atoms with Gasteiger partial charge in [-0.15, -0.1) is 0 Å². The summed E-state index contributed by atoms with van der Waals surface area (Å²) in [4.78, 5) is 14.8. The lowest BCUT2D eigenvalue weighted by Gasteiger charge is -2.13. The molecule has 4 nitrogen and oxygen atoms in total. The van der Waals surface area contributed by atoms with E-state index in [1.54, 1.807) is 0 Å². The van der Waals surface area contributed by atoms with E-state index in [0.717, 1.165) is 37.9 Å². The van der Waals surface area contributed by atoms with Crippen molar-refractivity contribution in [3.05, 3.63) is 24.0 Å². The van der Waals surface area contributed by atoms with Crippen LogP contribution in [0.4, 0.5) is 23.7 Å². The molecule has 0 bridgehead atoms. The summed E-state index contributed by atoms with van der Waals surface area (Å²) >= 11 is 0. The van der Waals surface area contributed by atoms with Gasteiger partial charge in [0.15, 0.2) is 0 Å². The molecule has 19 heavy (non-hydrogen) atoms. The molecule has 1 fully saturated rings. The summed E-state index contributed by atoms with van der Waals surface area (Å²) in [6, 6.07) is 1.77. The summed E-state index contributed by atoms with van der Waals surface area (Å²) < 4.78 is 36.9. The molecule has 1 aromatic heterocycles. The minimum absolute atomic E-state index is 0.155. The van der Waals surface area contributed by atoms with Gasteiger partial charge in [0.2, 0.25) is 0 Å². The van der Waals surface area contributed by atoms with Gasteiger partial charge in [0.1, 0.15) is 5.69 Å². The number of urea groups is 1. The number of aromatic nitrogens is 1. The van der Waals surface area contributed by atoms with Gasteiger partial charge in [-0.25, -0.2) is 9.78 Å². The van der Waals surface area contributed by atoms with Gasteiger partial charge in [-0.05, 0) is 25.0 Å². The van der Waals surface area contributed by atoms with Crippen molar-refractivity contribution < 1.29 is 18.0 Å². The van der Waals surface area contributed by atoms with Gasteiger partial charge in [0.25, 0.3) is 0 Å². The summed E-state index contributed by atoms with van der Waals surface area (Å²) in [5, 5.41) is 5.24. The topological polar surface area (TPSA) is 54.0 Å². The Morgan fingerprint density at radius 3 is 2.47 bits per heavy atom. The van der Waals surface area contributed by atoms with E-state index in [2.05, 4.69) is 15.6 Å². The number of hydrogen-bond donors (Lipinski definition) is 2. The van der Waals surface area contributed by atoms with Crippen LogP contribution in [-0.2, 0) is 6.18 Å². The van der Waals surface area contributed by atoms with Crippen LogP contribution in [0.25, 0.3) is 0 Å². The molecular weight excluding hydrogens is 259 g/mol. The highest BCUT2D eigenvalue weighted by Crippen LogP contribution is 2.27. The zero-order valence-corrected chi connectivity index (χ0v) is 10.1. The van der Waals surface area contributed by atoms with E-state index in [1.165, 1.54) is 6.07 Å². The number of rotatable bonds is 2. The van der Waals surface area contributed by atoms with E-state index in [9.17, 15) is 18.0 Å². The largest absolute Gasteiger partial charge is 0.433 e. The summed E-state index contributed by atoms with van der Waals surface area (Å²) in [6.07, 6.45) is 0.596. The molecule has 2 amide bonds. The number of pyridine rings is 1. The van der Waals surface area contributed by atoms with E-state index < -0.39 is 17.9 Å². The predicted molar refractivity (Wildman–Crippen MR) is 63.6 cm³/mol. The van der Waals surface area contributed by atoms with Crippen LogP contribution in [0.5, 0.6) is 0 Å². The van der Waals surface area contributed by atoms with Gasteiger partial charge >= 0.3 is 12.2 Å². The Hall–Kier alpha value is -1.79. The molecule has 0 radical (unpaired) electrons. The second kappa shape index (κ2) is 5.46. The zero-order chi connectivity index (χ0) is 13.9. The van der Waals surface area contributed by atoms with E-state index in [1.807, 2.05) is 0 Å². The third kappa shape index (κ3) is 3.84. The maximum atomic E-state index is 12.3. The molecule has 1 aromatic rings. The van der Waals surface area contributed by atoms with Gasteiger partial charge in [-0.2, -0.15) is 13.2 Å². The molecule has 0 aliphatic heterocycles. The predicted octanol–water partition coefficient (Wildman–Crippen LogP) is 3.16. The lowest BCUT2D eigenvalue weighted by molar-refractivity contribution is -0.141. The van der Waals surface area contributed by atoms with Gasteiger partial charge in [0, 0.05) is 6.04 Å². The third-order valence-corrected chi connectivity index (χ3v) is 3.00. The summed E-state index contributed by atoms with van der Waals surface area (Å²) in [5.41, 5.74) is -0.738. The Kier molecular flexibility index (Phi) is 3.92. The quantitative estimate of drug-likeness (QED) is 0.869. The summed E-state index contributed by atoms with van der Waals surface area (Å²) in [5.74, 6) is 0. The highest BCUT2D eigenvalue weighted by molar-refractivity contribution is 5.89. The van der Waals surface area contributed by atoms with Crippen molar-refractivity contribution in [3.63, 3.8) is 0 Å². The Morgan fingerprint density at radius 1 is 1.26 bits per heavy atom. The van der Waals surface area contributed by atoms with Crippen LogP contribution in [-0.4, -0.2) is 17.1 Å². The average Bonchev–Trinajstić information content (AvgIpc) is 2.81. The van der Waals surface area contributed by atoms with Crippen LogP contribution < -0.4 is 10.6 Å². The van der Waals surface area contributed by atoms with E-state index in [0.29, 0.717) is 0 Å². The third-order valence-electron chi connectivity index (χ3n) is 3.00. The number of carbonyl (C=O) groups is 1. The molecule has 0 atom stereocenters. The second-order valence-corrected chi connectivity index (χ2v) is 4.51. The maximum absolute atomic E-state index is 12.3. The monoisotopic (exact) mass is 273 g/mol. The fraction of sp³-hybridized carbons (Fsp3) is 0.500. The highest BCUT2D eigenvalue weighted by atomic mass is 19.4. The zero-order valence-electron chi connectivity index (χ0n) is 10.1. The molecule has 7 heteroatoms. The Morgan fingerprint density at radius 2 is 1.95 bits per heavy atom. The van der Waals surface area contributed by atoms with Crippen molar-refractivity contribution in [1.29, 1.82) is 0 Å². The molecule has 0 spiro atoms. The van der Waals surface area contributed by atoms with Gasteiger partial charge in [-0.3, -0.25) is 0 Å². The molecule has 1 aliphatic carbocycles. The van der Waals surface area contributed by atoms with Crippen molar-refractivity contribution in [2.75, 3.05) is 5.32 Å². The van der Waals surface area contributed by atoms with Crippen molar-refractivity contribution in [2.45, 2.75) is 37.9 Å². The fourth-order valence-corrected chi connectivity index (χ4v) is 2.06. The minimum atomic E-state index is -4.47. The second-order valence-electron chi connectivity index (χ2n) is 4.51. The van der Waals surface area contributed by atoms with E-state index in [4.69, 9.17) is 0 Å². The molecule has 2 N–H and O–H groups in total. The minimum Gasteiger partial charge on any atom is -0.335 e. The van der Waals surface area contributed by atoms with Gasteiger partial charge < -0.3 is 10.6 Å². The van der Waals surface area contributed by atoms with Crippen LogP contribution in [0.1, 0.15) is 31.4 Å². The molecule has 1 aliphatic rings. The van der Waals surface area contributed by atoms with Crippen LogP contribution in [0.3, 0.4) is 0 Å². The number of halogens is 3. The number of nitrogens with one attached hydrogen (secondary N) is 2. The van der Waals surface area contributed by atoms with Crippen LogP contribution >= 0.6 is 0 Å². The number of hydrogen-bond acceptors (Lipinski definition) is 2. The SMILES string of the molecule is O=C(Nc1ccc(C(F)(F)F)nc1)NC1CCCC1. The van der Waals surface area contributed by atoms with Crippen molar-refractivity contribution in [1.82, 2.24) is 10.3 Å². The lowest BCUT2D eigenvalue weighted by atomic mass is 10.2. The first-order chi connectivity index (χ1) is 8.95. The van der Waals surface area contributed by atoms with E-state index in [-0.39, 0.29) is 11.7 Å². The first-order valence-corrected chi connectivity index (χ1v) is 6.06. The fourth-order valence-electron chi connectivity index (χ4n) is 2.06. The highest BCUT2D eigenvalue weighted by Gasteiger charge is 2.32. The van der Waals surface area contributed by atoms with Crippen LogP contribution in [0.15, 0.2) is 18.3 Å². The standard InChI is InChI=1S/C12H14F3N3O/c13-12(14,15)10-6-5-9(7-16-10)18-11(19)17-8-3-1-2-4-8/h5-8H,1-4H2,(H2,17,18,19). The Bertz CT molecular complexity index is 439. The molecular formula is C12H14F3N3O. The lowest BCUT2D eigenvalue weighted by Crippen LogP contribution is -2.36. The number of carbonyl (C=O) groups excluding carboxylic acids is 1. The van der Waals surface area contributed by atoms with E-state index >= 15 is 0 Å². The molecule has 0 aromatic carbocycles. The normalized spacial score (nSPS) is 16.4. The van der Waals surface area contributed by atoms with Crippen molar-refractivity contribution >= 4 is 11.7 Å². The van der Waals surface area contributed by atoms with Crippen LogP contribution in [0, 0.1) is 0 Å². The first kappa shape index (κ1) is 13.6. The first-order valence-electron chi connectivity index (χ1n) is 6.06. The molecule has 0 saturated heterocycles. The average molecular weight is 273 g/mol. The molecule has 1 heterocycles. The smallest absolute Gasteiger partial charge is 0.335 e. The maximum Gasteiger partial charge on any atom is 0.433 e. The van der Waals surface area contributed by atoms with Crippen LogP contribution in [0.2, 0.25) is 0 Å². The Labute approximate surface area is 108 Å². The number of amides is 2. The van der Waals surface area contributed by atoms with Crippen molar-refractivity contribution in [3.8, 4) is 0 Å². The number of anilines is 1. The molecule has 2 rings (SSSR count). The number of alkyl halides is 3. The summed E-state index contributed by atoms with van der Waals surface area (Å²) in [6.45, 7) is 0.